The van der Waals surface area contributed by atoms with Crippen LogP contribution in [0, 0.1) is 0 Å². The molecule has 3 aromatic heterocycles. The van der Waals surface area contributed by atoms with Gasteiger partial charge in [0, 0.05) is 6.20 Å². The maximum atomic E-state index is 13.5. The van der Waals surface area contributed by atoms with Crippen LogP contribution in [0.1, 0.15) is 24.4 Å². The molecule has 154 valence electrons. The van der Waals surface area contributed by atoms with Crippen LogP contribution in [0.4, 0.5) is 24.8 Å². The number of anilines is 2. The van der Waals surface area contributed by atoms with Gasteiger partial charge in [-0.05, 0) is 31.2 Å². The third-order valence-corrected chi connectivity index (χ3v) is 4.50. The van der Waals surface area contributed by atoms with Gasteiger partial charge in [0.2, 0.25) is 0 Å². The zero-order valence-electron chi connectivity index (χ0n) is 15.6. The van der Waals surface area contributed by atoms with Gasteiger partial charge in [-0.25, -0.2) is 24.3 Å². The smallest absolute Gasteiger partial charge is 0.383 e. The molecule has 1 aromatic carbocycles. The van der Waals surface area contributed by atoms with E-state index in [1.165, 1.54) is 8.97 Å². The first-order valence-electron chi connectivity index (χ1n) is 8.87. The fraction of sp³-hybridized carbons (Fsp3) is 0.158. The van der Waals surface area contributed by atoms with Gasteiger partial charge in [-0.1, -0.05) is 18.2 Å². The molecule has 0 spiro atoms. The average Bonchev–Trinajstić information content (AvgIpc) is 3.16. The lowest BCUT2D eigenvalue weighted by Gasteiger charge is -2.21. The highest BCUT2D eigenvalue weighted by atomic mass is 19.4. The topological polar surface area (TPSA) is 103 Å². The molecule has 0 aliphatic heterocycles. The van der Waals surface area contributed by atoms with Crippen molar-refractivity contribution in [3.63, 3.8) is 0 Å². The Hall–Kier alpha value is -3.89. The van der Waals surface area contributed by atoms with E-state index in [1.807, 2.05) is 0 Å². The van der Waals surface area contributed by atoms with E-state index in [0.717, 1.165) is 6.33 Å². The highest BCUT2D eigenvalue weighted by Crippen LogP contribution is 2.37. The molecule has 11 heteroatoms. The molecule has 0 radical (unpaired) electrons. The molecule has 1 unspecified atom stereocenters. The van der Waals surface area contributed by atoms with Crippen LogP contribution in [0.25, 0.3) is 11.3 Å². The molecule has 3 N–H and O–H groups in total. The van der Waals surface area contributed by atoms with Crippen molar-refractivity contribution in [3.8, 4) is 5.69 Å². The molecule has 0 saturated carbocycles. The fourth-order valence-electron chi connectivity index (χ4n) is 3.17. The number of fused-ring (bicyclic) bond motifs is 1. The third kappa shape index (κ3) is 3.34. The number of para-hydroxylation sites is 1. The molecular weight excluding hydrogens is 399 g/mol. The van der Waals surface area contributed by atoms with Crippen LogP contribution in [0.15, 0.2) is 59.8 Å². The van der Waals surface area contributed by atoms with Crippen LogP contribution in [0.5, 0.6) is 0 Å². The fourth-order valence-corrected chi connectivity index (χ4v) is 3.17. The quantitative estimate of drug-likeness (QED) is 0.531. The average molecular weight is 415 g/mol. The Balaban J connectivity index is 1.87. The molecule has 0 fully saturated rings. The number of nitrogens with zero attached hydrogens (tertiary/aromatic N) is 5. The van der Waals surface area contributed by atoms with Crippen molar-refractivity contribution < 1.29 is 13.2 Å². The second-order valence-electron chi connectivity index (χ2n) is 6.51. The minimum atomic E-state index is -4.76. The van der Waals surface area contributed by atoms with E-state index >= 15 is 0 Å². The van der Waals surface area contributed by atoms with Crippen LogP contribution in [0.2, 0.25) is 0 Å². The normalized spacial score (nSPS) is 12.8. The van der Waals surface area contributed by atoms with Gasteiger partial charge in [-0.2, -0.15) is 13.2 Å². The van der Waals surface area contributed by atoms with Crippen LogP contribution >= 0.6 is 0 Å². The summed E-state index contributed by atoms with van der Waals surface area (Å²) < 4.78 is 43.1. The van der Waals surface area contributed by atoms with Gasteiger partial charge in [0.1, 0.15) is 35.0 Å². The second-order valence-corrected chi connectivity index (χ2v) is 6.51. The molecule has 4 rings (SSSR count). The first-order valence-corrected chi connectivity index (χ1v) is 8.87. The van der Waals surface area contributed by atoms with E-state index in [0.29, 0.717) is 11.3 Å². The van der Waals surface area contributed by atoms with Crippen molar-refractivity contribution in [3.05, 3.63) is 76.9 Å². The third-order valence-electron chi connectivity index (χ3n) is 4.50. The summed E-state index contributed by atoms with van der Waals surface area (Å²) in [5.74, 6) is -0.975. The van der Waals surface area contributed by atoms with Crippen LogP contribution in [-0.4, -0.2) is 23.9 Å². The first-order chi connectivity index (χ1) is 14.3. The van der Waals surface area contributed by atoms with E-state index in [1.54, 1.807) is 55.6 Å². The number of alkyl halides is 3. The summed E-state index contributed by atoms with van der Waals surface area (Å²) in [7, 11) is 0. The molecular formula is C19H16F3N7O. The van der Waals surface area contributed by atoms with Gasteiger partial charge in [0.15, 0.2) is 0 Å². The number of nitrogens with one attached hydrogen (secondary N) is 1. The predicted molar refractivity (Wildman–Crippen MR) is 104 cm³/mol. The second kappa shape index (κ2) is 7.17. The van der Waals surface area contributed by atoms with Gasteiger partial charge >= 0.3 is 11.9 Å². The van der Waals surface area contributed by atoms with Crippen molar-refractivity contribution in [2.45, 2.75) is 19.1 Å². The molecule has 0 bridgehead atoms. The molecule has 3 heterocycles. The Kier molecular flexibility index (Phi) is 4.65. The first kappa shape index (κ1) is 19.4. The molecule has 0 aliphatic rings. The highest BCUT2D eigenvalue weighted by molar-refractivity contribution is 5.57. The van der Waals surface area contributed by atoms with Crippen molar-refractivity contribution in [1.29, 1.82) is 0 Å². The van der Waals surface area contributed by atoms with E-state index in [9.17, 15) is 18.0 Å². The standard InChI is InChI=1S/C19H16F3N7O/c1-11(26-16-14(19(20,21)22)15(23)24-10-25-16)17-27-13-8-5-9-28(13)18(30)29(17)12-6-3-2-4-7-12/h2-11H,1H3,(H3,23,24,25,26). The number of nitrogens with two attached hydrogens (primary N) is 1. The molecule has 8 nitrogen and oxygen atoms in total. The van der Waals surface area contributed by atoms with Gasteiger partial charge in [-0.15, -0.1) is 0 Å². The molecule has 4 aromatic rings. The minimum absolute atomic E-state index is 0.211. The zero-order valence-corrected chi connectivity index (χ0v) is 15.6. The number of rotatable bonds is 4. The maximum Gasteiger partial charge on any atom is 0.423 e. The number of nitrogen functional groups attached to an aromatic ring is 1. The summed E-state index contributed by atoms with van der Waals surface area (Å²) in [4.78, 5) is 24.7. The largest absolute Gasteiger partial charge is 0.423 e. The summed E-state index contributed by atoms with van der Waals surface area (Å²) in [6, 6.07) is 11.2. The number of hydrogen-bond acceptors (Lipinski definition) is 6. The predicted octanol–water partition coefficient (Wildman–Crippen LogP) is 3.05. The summed E-state index contributed by atoms with van der Waals surface area (Å²) in [5, 5.41) is 2.69. The SMILES string of the molecule is CC(Nc1ncnc(N)c1C(F)(F)F)c1nc2cccn2c(=O)n1-c1ccccc1. The van der Waals surface area contributed by atoms with Gasteiger partial charge in [0.05, 0.1) is 11.7 Å². The number of aromatic nitrogens is 5. The molecule has 0 saturated heterocycles. The van der Waals surface area contributed by atoms with Crippen molar-refractivity contribution >= 4 is 17.3 Å². The van der Waals surface area contributed by atoms with Crippen molar-refractivity contribution in [2.75, 3.05) is 11.1 Å². The van der Waals surface area contributed by atoms with Crippen molar-refractivity contribution in [1.82, 2.24) is 23.9 Å². The van der Waals surface area contributed by atoms with Gasteiger partial charge in [0.25, 0.3) is 0 Å². The van der Waals surface area contributed by atoms with E-state index in [4.69, 9.17) is 5.73 Å². The molecule has 30 heavy (non-hydrogen) atoms. The number of benzene rings is 1. The Bertz CT molecular complexity index is 1260. The Morgan fingerprint density at radius 3 is 2.53 bits per heavy atom. The molecule has 0 aliphatic carbocycles. The Morgan fingerprint density at radius 2 is 1.83 bits per heavy atom. The Morgan fingerprint density at radius 1 is 1.10 bits per heavy atom. The lowest BCUT2D eigenvalue weighted by atomic mass is 10.2. The van der Waals surface area contributed by atoms with Gasteiger partial charge < -0.3 is 11.1 Å². The highest BCUT2D eigenvalue weighted by Gasteiger charge is 2.38. The summed E-state index contributed by atoms with van der Waals surface area (Å²) in [6.45, 7) is 1.58. The monoisotopic (exact) mass is 415 g/mol. The Labute approximate surface area is 167 Å². The van der Waals surface area contributed by atoms with Crippen LogP contribution in [-0.2, 0) is 6.18 Å². The number of hydrogen-bond donors (Lipinski definition) is 2. The molecule has 1 atom stereocenters. The summed E-state index contributed by atoms with van der Waals surface area (Å²) in [5.41, 5.74) is 4.76. The maximum absolute atomic E-state index is 13.5. The molecule has 0 amide bonds. The van der Waals surface area contributed by atoms with Crippen LogP contribution < -0.4 is 16.7 Å². The zero-order chi connectivity index (χ0) is 21.5. The van der Waals surface area contributed by atoms with E-state index < -0.39 is 35.1 Å². The van der Waals surface area contributed by atoms with E-state index in [2.05, 4.69) is 20.3 Å². The summed E-state index contributed by atoms with van der Waals surface area (Å²) >= 11 is 0. The van der Waals surface area contributed by atoms with Crippen LogP contribution in [0.3, 0.4) is 0 Å². The number of halogens is 3. The van der Waals surface area contributed by atoms with E-state index in [-0.39, 0.29) is 5.82 Å². The minimum Gasteiger partial charge on any atom is -0.383 e. The van der Waals surface area contributed by atoms with Crippen molar-refractivity contribution in [2.24, 2.45) is 0 Å². The lowest BCUT2D eigenvalue weighted by molar-refractivity contribution is -0.136. The van der Waals surface area contributed by atoms with Gasteiger partial charge in [-0.3, -0.25) is 4.40 Å². The lowest BCUT2D eigenvalue weighted by Crippen LogP contribution is -2.31. The summed E-state index contributed by atoms with van der Waals surface area (Å²) in [6.07, 6.45) is -2.25.